The molecule has 0 saturated carbocycles. The number of likely N-dealkylation sites (tertiary alicyclic amines) is 1. The molecule has 26 heavy (non-hydrogen) atoms. The van der Waals surface area contributed by atoms with Gasteiger partial charge in [0.1, 0.15) is 0 Å². The first-order valence-corrected chi connectivity index (χ1v) is 9.02. The Hall–Kier alpha value is -2.40. The number of hydrogen-bond acceptors (Lipinski definition) is 3. The van der Waals surface area contributed by atoms with Crippen molar-refractivity contribution >= 4 is 5.97 Å². The molecule has 1 fully saturated rings. The number of hydrogen-bond donors (Lipinski definition) is 1. The van der Waals surface area contributed by atoms with Crippen LogP contribution >= 0.6 is 0 Å². The minimum Gasteiger partial charge on any atom is -0.478 e. The largest absolute Gasteiger partial charge is 0.478 e. The van der Waals surface area contributed by atoms with Gasteiger partial charge in [0.05, 0.1) is 0 Å². The van der Waals surface area contributed by atoms with Crippen LogP contribution in [0.2, 0.25) is 0 Å². The summed E-state index contributed by atoms with van der Waals surface area (Å²) in [4.78, 5) is 14.1. The van der Waals surface area contributed by atoms with Crippen LogP contribution in [0, 0.1) is 5.82 Å². The highest BCUT2D eigenvalue weighted by atomic mass is 19.1. The van der Waals surface area contributed by atoms with Crippen molar-refractivity contribution in [1.82, 2.24) is 4.90 Å². The Morgan fingerprint density at radius 3 is 2.38 bits per heavy atom. The van der Waals surface area contributed by atoms with E-state index < -0.39 is 17.4 Å². The third-order valence-corrected chi connectivity index (χ3v) is 4.98. The summed E-state index contributed by atoms with van der Waals surface area (Å²) >= 11 is 0. The van der Waals surface area contributed by atoms with Crippen LogP contribution in [-0.4, -0.2) is 41.2 Å². The third-order valence-electron chi connectivity index (χ3n) is 4.98. The number of halogens is 1. The highest BCUT2D eigenvalue weighted by Gasteiger charge is 2.44. The van der Waals surface area contributed by atoms with E-state index in [2.05, 4.69) is 17.0 Å². The first kappa shape index (κ1) is 18.4. The molecule has 0 aliphatic carbocycles. The number of carbonyl (C=O) groups is 1. The number of rotatable bonds is 7. The second kappa shape index (κ2) is 8.32. The summed E-state index contributed by atoms with van der Waals surface area (Å²) in [6.45, 7) is 2.19. The second-order valence-corrected chi connectivity index (χ2v) is 6.76. The van der Waals surface area contributed by atoms with Crippen molar-refractivity contribution in [2.45, 2.75) is 31.3 Å². The smallest absolute Gasteiger partial charge is 0.348 e. The molecule has 0 atom stereocenters. The molecule has 0 radical (unpaired) electrons. The van der Waals surface area contributed by atoms with Crippen molar-refractivity contribution in [2.24, 2.45) is 0 Å². The van der Waals surface area contributed by atoms with Crippen molar-refractivity contribution in [3.8, 4) is 5.75 Å². The standard InChI is InChI=1S/C21H24FNO3/c22-18-10-4-5-11-19(18)26-21(20(24)25)12-15-23(16-13-21)14-6-9-17-7-2-1-3-8-17/h1-5,7-8,10-11H,6,9,12-16H2,(H,24,25). The molecule has 2 aromatic rings. The number of carboxylic acid groups (broad SMARTS) is 1. The van der Waals surface area contributed by atoms with Crippen molar-refractivity contribution in [1.29, 1.82) is 0 Å². The molecule has 3 rings (SSSR count). The molecule has 0 spiro atoms. The summed E-state index contributed by atoms with van der Waals surface area (Å²) in [5, 5.41) is 9.69. The van der Waals surface area contributed by atoms with Crippen LogP contribution < -0.4 is 4.74 Å². The summed E-state index contributed by atoms with van der Waals surface area (Å²) in [6.07, 6.45) is 2.73. The van der Waals surface area contributed by atoms with E-state index in [0.717, 1.165) is 19.4 Å². The maximum atomic E-state index is 13.9. The molecule has 4 nitrogen and oxygen atoms in total. The van der Waals surface area contributed by atoms with Gasteiger partial charge in [-0.1, -0.05) is 42.5 Å². The SMILES string of the molecule is O=C(O)C1(Oc2ccccc2F)CCN(CCCc2ccccc2)CC1. The minimum atomic E-state index is -1.35. The highest BCUT2D eigenvalue weighted by molar-refractivity contribution is 5.78. The third kappa shape index (κ3) is 4.41. The summed E-state index contributed by atoms with van der Waals surface area (Å²) in [7, 11) is 0. The van der Waals surface area contributed by atoms with Gasteiger partial charge in [0.25, 0.3) is 0 Å². The van der Waals surface area contributed by atoms with Gasteiger partial charge < -0.3 is 14.7 Å². The van der Waals surface area contributed by atoms with Crippen LogP contribution in [-0.2, 0) is 11.2 Å². The topological polar surface area (TPSA) is 49.8 Å². The van der Waals surface area contributed by atoms with Gasteiger partial charge in [-0.3, -0.25) is 0 Å². The minimum absolute atomic E-state index is 0.00688. The molecular weight excluding hydrogens is 333 g/mol. The molecule has 1 aliphatic rings. The van der Waals surface area contributed by atoms with Gasteiger partial charge in [-0.05, 0) is 37.1 Å². The summed E-state index contributed by atoms with van der Waals surface area (Å²) in [5.41, 5.74) is -0.0368. The van der Waals surface area contributed by atoms with Crippen LogP contribution in [0.5, 0.6) is 5.75 Å². The Labute approximate surface area is 153 Å². The molecule has 1 heterocycles. The van der Waals surface area contributed by atoms with Gasteiger partial charge in [-0.2, -0.15) is 0 Å². The van der Waals surface area contributed by atoms with Crippen molar-refractivity contribution in [2.75, 3.05) is 19.6 Å². The quantitative estimate of drug-likeness (QED) is 0.820. The summed E-state index contributed by atoms with van der Waals surface area (Å²) in [6, 6.07) is 16.3. The lowest BCUT2D eigenvalue weighted by Crippen LogP contribution is -2.53. The maximum absolute atomic E-state index is 13.9. The fourth-order valence-electron chi connectivity index (χ4n) is 3.39. The van der Waals surface area contributed by atoms with E-state index in [9.17, 15) is 14.3 Å². The second-order valence-electron chi connectivity index (χ2n) is 6.76. The van der Waals surface area contributed by atoms with Crippen molar-refractivity contribution in [3.05, 3.63) is 66.0 Å². The Morgan fingerprint density at radius 2 is 1.73 bits per heavy atom. The van der Waals surface area contributed by atoms with Gasteiger partial charge in [0.15, 0.2) is 11.6 Å². The predicted octanol–water partition coefficient (Wildman–Crippen LogP) is 3.76. The Kier molecular flexibility index (Phi) is 5.89. The van der Waals surface area contributed by atoms with E-state index in [-0.39, 0.29) is 5.75 Å². The zero-order valence-electron chi connectivity index (χ0n) is 14.7. The highest BCUT2D eigenvalue weighted by Crippen LogP contribution is 2.30. The molecule has 0 bridgehead atoms. The number of ether oxygens (including phenoxy) is 1. The molecule has 0 unspecified atom stereocenters. The zero-order valence-corrected chi connectivity index (χ0v) is 14.7. The first-order valence-electron chi connectivity index (χ1n) is 9.02. The van der Waals surface area contributed by atoms with Gasteiger partial charge in [-0.25, -0.2) is 9.18 Å². The molecule has 0 aromatic heterocycles. The van der Waals surface area contributed by atoms with E-state index in [1.807, 2.05) is 18.2 Å². The number of para-hydroxylation sites is 1. The Morgan fingerprint density at radius 1 is 1.08 bits per heavy atom. The van der Waals surface area contributed by atoms with Crippen LogP contribution in [0.15, 0.2) is 54.6 Å². The van der Waals surface area contributed by atoms with Crippen LogP contribution in [0.3, 0.4) is 0 Å². The zero-order chi connectivity index (χ0) is 18.4. The molecule has 1 saturated heterocycles. The first-order chi connectivity index (χ1) is 12.6. The van der Waals surface area contributed by atoms with E-state index >= 15 is 0 Å². The molecule has 1 N–H and O–H groups in total. The van der Waals surface area contributed by atoms with Crippen molar-refractivity contribution < 1.29 is 19.0 Å². The number of aryl methyl sites for hydroxylation is 1. The van der Waals surface area contributed by atoms with Crippen molar-refractivity contribution in [3.63, 3.8) is 0 Å². The summed E-state index contributed by atoms with van der Waals surface area (Å²) in [5.74, 6) is -1.55. The fraction of sp³-hybridized carbons (Fsp3) is 0.381. The number of aliphatic carboxylic acids is 1. The lowest BCUT2D eigenvalue weighted by Gasteiger charge is -2.38. The molecular formula is C21H24FNO3. The van der Waals surface area contributed by atoms with Gasteiger partial charge in [0.2, 0.25) is 5.60 Å². The Bertz CT molecular complexity index is 727. The number of benzene rings is 2. The molecule has 5 heteroatoms. The van der Waals surface area contributed by atoms with Crippen LogP contribution in [0.1, 0.15) is 24.8 Å². The number of carboxylic acids is 1. The fourth-order valence-corrected chi connectivity index (χ4v) is 3.39. The maximum Gasteiger partial charge on any atom is 0.348 e. The van der Waals surface area contributed by atoms with Crippen LogP contribution in [0.4, 0.5) is 4.39 Å². The van der Waals surface area contributed by atoms with Gasteiger partial charge in [0, 0.05) is 25.9 Å². The number of piperidine rings is 1. The molecule has 0 amide bonds. The van der Waals surface area contributed by atoms with E-state index in [0.29, 0.717) is 25.9 Å². The van der Waals surface area contributed by atoms with Gasteiger partial charge in [-0.15, -0.1) is 0 Å². The lowest BCUT2D eigenvalue weighted by molar-refractivity contribution is -0.160. The Balaban J connectivity index is 1.54. The molecule has 1 aliphatic heterocycles. The van der Waals surface area contributed by atoms with E-state index in [1.165, 1.54) is 17.7 Å². The average molecular weight is 357 g/mol. The molecule has 138 valence electrons. The van der Waals surface area contributed by atoms with Gasteiger partial charge >= 0.3 is 5.97 Å². The van der Waals surface area contributed by atoms with E-state index in [4.69, 9.17) is 4.74 Å². The van der Waals surface area contributed by atoms with Crippen LogP contribution in [0.25, 0.3) is 0 Å². The monoisotopic (exact) mass is 357 g/mol. The predicted molar refractivity (Wildman–Crippen MR) is 97.8 cm³/mol. The lowest BCUT2D eigenvalue weighted by atomic mass is 9.90. The molecule has 2 aromatic carbocycles. The number of nitrogens with zero attached hydrogens (tertiary/aromatic N) is 1. The average Bonchev–Trinajstić information content (AvgIpc) is 2.66. The normalized spacial score (nSPS) is 17.0. The summed E-state index contributed by atoms with van der Waals surface area (Å²) < 4.78 is 19.5. The van der Waals surface area contributed by atoms with E-state index in [1.54, 1.807) is 12.1 Å².